The van der Waals surface area contributed by atoms with Crippen molar-refractivity contribution in [3.8, 4) is 0 Å². The van der Waals surface area contributed by atoms with Gasteiger partial charge in [-0.25, -0.2) is 0 Å². The summed E-state index contributed by atoms with van der Waals surface area (Å²) in [7, 11) is 1.80. The number of hydrogen-bond donors (Lipinski definition) is 1. The summed E-state index contributed by atoms with van der Waals surface area (Å²) in [5, 5.41) is 3.23. The number of fused-ring (bicyclic) bond motifs is 1. The minimum absolute atomic E-state index is 0.898. The molecule has 0 radical (unpaired) electrons. The van der Waals surface area contributed by atoms with Crippen LogP contribution in [0.4, 0.5) is 0 Å². The van der Waals surface area contributed by atoms with E-state index in [0.29, 0.717) is 0 Å². The predicted molar refractivity (Wildman–Crippen MR) is 53.4 cm³/mol. The van der Waals surface area contributed by atoms with Gasteiger partial charge >= 0.3 is 0 Å². The van der Waals surface area contributed by atoms with E-state index in [4.69, 9.17) is 0 Å². The Hall–Kier alpha value is -0.830. The predicted octanol–water partition coefficient (Wildman–Crippen LogP) is 1.93. The first kappa shape index (κ1) is 7.80. The lowest BCUT2D eigenvalue weighted by Gasteiger charge is -1.97. The van der Waals surface area contributed by atoms with E-state index in [2.05, 4.69) is 44.4 Å². The van der Waals surface area contributed by atoms with Crippen molar-refractivity contribution in [2.24, 2.45) is 4.99 Å². The summed E-state index contributed by atoms with van der Waals surface area (Å²) < 4.78 is 1.10. The number of halogens is 1. The molecule has 1 aliphatic rings. The molecule has 0 spiro atoms. The molecular formula is C9H9BrN2. The van der Waals surface area contributed by atoms with Crippen LogP contribution >= 0.6 is 15.9 Å². The van der Waals surface area contributed by atoms with Gasteiger partial charge in [0.1, 0.15) is 5.84 Å². The first-order valence-electron chi connectivity index (χ1n) is 3.80. The van der Waals surface area contributed by atoms with Crippen LogP contribution in [0.3, 0.4) is 0 Å². The van der Waals surface area contributed by atoms with Gasteiger partial charge in [0.25, 0.3) is 0 Å². The highest BCUT2D eigenvalue weighted by Gasteiger charge is 2.15. The molecule has 0 aromatic heterocycles. The Morgan fingerprint density at radius 2 is 2.33 bits per heavy atom. The molecule has 0 saturated carbocycles. The van der Waals surface area contributed by atoms with Crippen LogP contribution in [0.1, 0.15) is 11.1 Å². The van der Waals surface area contributed by atoms with Gasteiger partial charge in [-0.2, -0.15) is 0 Å². The van der Waals surface area contributed by atoms with Crippen LogP contribution in [-0.2, 0) is 6.54 Å². The first-order chi connectivity index (χ1) is 5.81. The summed E-state index contributed by atoms with van der Waals surface area (Å²) in [6.45, 7) is 0.898. The van der Waals surface area contributed by atoms with Crippen molar-refractivity contribution in [1.82, 2.24) is 5.32 Å². The zero-order valence-corrected chi connectivity index (χ0v) is 8.35. The van der Waals surface area contributed by atoms with E-state index in [9.17, 15) is 0 Å². The molecule has 0 aliphatic carbocycles. The lowest BCUT2D eigenvalue weighted by Crippen LogP contribution is -2.14. The first-order valence-corrected chi connectivity index (χ1v) is 4.60. The Morgan fingerprint density at radius 3 is 3.08 bits per heavy atom. The third-order valence-electron chi connectivity index (χ3n) is 2.00. The Labute approximate surface area is 79.8 Å². The summed E-state index contributed by atoms with van der Waals surface area (Å²) in [6.07, 6.45) is 0. The molecule has 1 aromatic rings. The number of rotatable bonds is 0. The highest BCUT2D eigenvalue weighted by molar-refractivity contribution is 9.10. The van der Waals surface area contributed by atoms with Crippen molar-refractivity contribution in [3.63, 3.8) is 0 Å². The van der Waals surface area contributed by atoms with Gasteiger partial charge in [-0.05, 0) is 17.7 Å². The van der Waals surface area contributed by atoms with Crippen LogP contribution in [0.25, 0.3) is 0 Å². The summed E-state index contributed by atoms with van der Waals surface area (Å²) in [6, 6.07) is 6.27. The average molecular weight is 225 g/mol. The molecule has 0 atom stereocenters. The largest absolute Gasteiger partial charge is 0.366 e. The highest BCUT2D eigenvalue weighted by atomic mass is 79.9. The van der Waals surface area contributed by atoms with Gasteiger partial charge in [-0.15, -0.1) is 0 Å². The van der Waals surface area contributed by atoms with Crippen molar-refractivity contribution in [2.75, 3.05) is 7.05 Å². The van der Waals surface area contributed by atoms with Crippen molar-refractivity contribution < 1.29 is 0 Å². The molecule has 12 heavy (non-hydrogen) atoms. The van der Waals surface area contributed by atoms with Gasteiger partial charge in [-0.3, -0.25) is 4.99 Å². The second-order valence-electron chi connectivity index (χ2n) is 2.73. The maximum atomic E-state index is 4.15. The third kappa shape index (κ3) is 1.14. The minimum atomic E-state index is 0.898. The molecule has 0 saturated heterocycles. The molecule has 1 heterocycles. The van der Waals surface area contributed by atoms with Crippen molar-refractivity contribution in [1.29, 1.82) is 0 Å². The highest BCUT2D eigenvalue weighted by Crippen LogP contribution is 2.20. The van der Waals surface area contributed by atoms with E-state index in [1.807, 2.05) is 0 Å². The van der Waals surface area contributed by atoms with Crippen molar-refractivity contribution in [2.45, 2.75) is 6.54 Å². The Kier molecular flexibility index (Phi) is 1.89. The standard InChI is InChI=1S/C9H9BrN2/c1-11-9-8-4-7(10)3-2-6(8)5-12-9/h2-4H,5H2,1H3,(H,11,12). The van der Waals surface area contributed by atoms with E-state index in [0.717, 1.165) is 16.9 Å². The van der Waals surface area contributed by atoms with Crippen LogP contribution in [0, 0.1) is 0 Å². The third-order valence-corrected chi connectivity index (χ3v) is 2.49. The fourth-order valence-corrected chi connectivity index (χ4v) is 1.76. The molecule has 1 aliphatic heterocycles. The number of amidine groups is 1. The number of hydrogen-bond acceptors (Lipinski definition) is 1. The maximum Gasteiger partial charge on any atom is 0.128 e. The molecule has 0 bridgehead atoms. The lowest BCUT2D eigenvalue weighted by atomic mass is 10.1. The summed E-state index contributed by atoms with van der Waals surface area (Å²) >= 11 is 3.44. The number of nitrogens with one attached hydrogen (secondary N) is 1. The Morgan fingerprint density at radius 1 is 1.50 bits per heavy atom. The minimum Gasteiger partial charge on any atom is -0.366 e. The molecule has 0 amide bonds. The normalized spacial score (nSPS) is 17.7. The SMILES string of the molecule is CN=C1NCc2ccc(Br)cc21. The second kappa shape index (κ2) is 2.90. The number of nitrogens with zero attached hydrogens (tertiary/aromatic N) is 1. The van der Waals surface area contributed by atoms with E-state index >= 15 is 0 Å². The zero-order valence-electron chi connectivity index (χ0n) is 6.76. The molecule has 0 unspecified atom stereocenters. The number of aliphatic imine (C=N–C) groups is 1. The maximum absolute atomic E-state index is 4.15. The molecular weight excluding hydrogens is 216 g/mol. The fraction of sp³-hybridized carbons (Fsp3) is 0.222. The fourth-order valence-electron chi connectivity index (χ4n) is 1.40. The summed E-state index contributed by atoms with van der Waals surface area (Å²) in [4.78, 5) is 4.15. The number of benzene rings is 1. The molecule has 1 N–H and O–H groups in total. The second-order valence-corrected chi connectivity index (χ2v) is 3.64. The van der Waals surface area contributed by atoms with E-state index in [1.165, 1.54) is 11.1 Å². The molecule has 3 heteroatoms. The molecule has 0 fully saturated rings. The van der Waals surface area contributed by atoms with Crippen LogP contribution in [0.15, 0.2) is 27.7 Å². The van der Waals surface area contributed by atoms with Gasteiger partial charge in [0.05, 0.1) is 0 Å². The zero-order chi connectivity index (χ0) is 8.55. The molecule has 2 nitrogen and oxygen atoms in total. The van der Waals surface area contributed by atoms with E-state index in [1.54, 1.807) is 7.05 Å². The van der Waals surface area contributed by atoms with Gasteiger partial charge < -0.3 is 5.32 Å². The van der Waals surface area contributed by atoms with E-state index < -0.39 is 0 Å². The smallest absolute Gasteiger partial charge is 0.128 e. The van der Waals surface area contributed by atoms with E-state index in [-0.39, 0.29) is 0 Å². The van der Waals surface area contributed by atoms with Gasteiger partial charge in [0.2, 0.25) is 0 Å². The molecule has 62 valence electrons. The molecule has 1 aromatic carbocycles. The lowest BCUT2D eigenvalue weighted by molar-refractivity contribution is 0.959. The van der Waals surface area contributed by atoms with Crippen LogP contribution in [-0.4, -0.2) is 12.9 Å². The topological polar surface area (TPSA) is 24.4 Å². The van der Waals surface area contributed by atoms with Crippen molar-refractivity contribution in [3.05, 3.63) is 33.8 Å². The average Bonchev–Trinajstić information content (AvgIpc) is 2.46. The van der Waals surface area contributed by atoms with Gasteiger partial charge in [0, 0.05) is 23.6 Å². The summed E-state index contributed by atoms with van der Waals surface area (Å²) in [5.74, 6) is 0.992. The van der Waals surface area contributed by atoms with Crippen LogP contribution in [0.5, 0.6) is 0 Å². The molecule has 2 rings (SSSR count). The van der Waals surface area contributed by atoms with Gasteiger partial charge in [-0.1, -0.05) is 22.0 Å². The Balaban J connectivity index is 2.57. The summed E-state index contributed by atoms with van der Waals surface area (Å²) in [5.41, 5.74) is 2.53. The quantitative estimate of drug-likeness (QED) is 0.716. The van der Waals surface area contributed by atoms with Crippen molar-refractivity contribution >= 4 is 21.8 Å². The monoisotopic (exact) mass is 224 g/mol. The Bertz CT molecular complexity index is 344. The van der Waals surface area contributed by atoms with Crippen LogP contribution in [0.2, 0.25) is 0 Å². The van der Waals surface area contributed by atoms with Gasteiger partial charge in [0.15, 0.2) is 0 Å². The van der Waals surface area contributed by atoms with Crippen LogP contribution < -0.4 is 5.32 Å².